The van der Waals surface area contributed by atoms with Gasteiger partial charge in [-0.25, -0.2) is 4.79 Å². The first-order chi connectivity index (χ1) is 10.8. The van der Waals surface area contributed by atoms with Crippen LogP contribution in [0.25, 0.3) is 0 Å². The largest absolute Gasteiger partial charge is 0.459 e. The maximum Gasteiger partial charge on any atom is 0.333 e. The third-order valence-corrected chi connectivity index (χ3v) is 4.92. The highest BCUT2D eigenvalue weighted by molar-refractivity contribution is 5.87. The summed E-state index contributed by atoms with van der Waals surface area (Å²) in [6.07, 6.45) is 1.25. The normalized spacial score (nSPS) is 34.6. The maximum atomic E-state index is 11.9. The fourth-order valence-corrected chi connectivity index (χ4v) is 3.28. The molecule has 0 amide bonds. The van der Waals surface area contributed by atoms with Crippen molar-refractivity contribution in [1.82, 2.24) is 4.90 Å². The van der Waals surface area contributed by atoms with Crippen LogP contribution < -0.4 is 0 Å². The van der Waals surface area contributed by atoms with Gasteiger partial charge in [0.15, 0.2) is 0 Å². The number of fused-ring (bicyclic) bond motifs is 2. The smallest absolute Gasteiger partial charge is 0.333 e. The molecule has 23 heavy (non-hydrogen) atoms. The van der Waals surface area contributed by atoms with Crippen LogP contribution in [0.1, 0.15) is 40.5 Å². The number of ether oxygens (including phenoxy) is 2. The molecule has 5 unspecified atom stereocenters. The molecule has 0 saturated carbocycles. The number of hydrogen-bond donors (Lipinski definition) is 1. The number of hydrogen-bond acceptors (Lipinski definition) is 6. The molecule has 0 aromatic carbocycles. The van der Waals surface area contributed by atoms with Crippen LogP contribution in [0.15, 0.2) is 11.6 Å². The molecule has 2 rings (SSSR count). The zero-order valence-electron chi connectivity index (χ0n) is 14.5. The summed E-state index contributed by atoms with van der Waals surface area (Å²) in [7, 11) is 1.91. The lowest BCUT2D eigenvalue weighted by Crippen LogP contribution is -2.46. The van der Waals surface area contributed by atoms with Crippen LogP contribution in [0, 0.1) is 5.92 Å². The first-order valence-corrected chi connectivity index (χ1v) is 8.20. The fourth-order valence-electron chi connectivity index (χ4n) is 3.28. The minimum absolute atomic E-state index is 0.129. The number of aliphatic hydroxyl groups excluding tert-OH is 1. The zero-order valence-corrected chi connectivity index (χ0v) is 14.5. The van der Waals surface area contributed by atoms with Crippen molar-refractivity contribution in [1.29, 1.82) is 0 Å². The summed E-state index contributed by atoms with van der Waals surface area (Å²) in [6, 6.07) is -0.294. The highest BCUT2D eigenvalue weighted by atomic mass is 16.6. The molecular weight excluding hydrogens is 298 g/mol. The van der Waals surface area contributed by atoms with Crippen molar-refractivity contribution >= 4 is 11.9 Å². The van der Waals surface area contributed by atoms with Gasteiger partial charge in [-0.3, -0.25) is 9.69 Å². The number of piperidine rings is 1. The molecule has 130 valence electrons. The number of esters is 2. The molecule has 0 aliphatic carbocycles. The lowest BCUT2D eigenvalue weighted by Gasteiger charge is -2.36. The molecule has 6 heteroatoms. The van der Waals surface area contributed by atoms with E-state index < -0.39 is 12.2 Å². The molecule has 2 bridgehead atoms. The van der Waals surface area contributed by atoms with Crippen molar-refractivity contribution in [3.63, 3.8) is 0 Å². The molecule has 1 N–H and O–H groups in total. The number of rotatable bonds is 4. The Labute approximate surface area is 137 Å². The second-order valence-electron chi connectivity index (χ2n) is 6.82. The third kappa shape index (κ3) is 3.58. The lowest BCUT2D eigenvalue weighted by atomic mass is 10.00. The predicted molar refractivity (Wildman–Crippen MR) is 84.6 cm³/mol. The number of likely N-dealkylation sites (N-methyl/N-ethyl adjacent to an activating group) is 1. The summed E-state index contributed by atoms with van der Waals surface area (Å²) < 4.78 is 11.0. The summed E-state index contributed by atoms with van der Waals surface area (Å²) >= 11 is 0. The number of aliphatic hydroxyl groups is 1. The molecule has 0 aromatic heterocycles. The Bertz CT molecular complexity index is 501. The van der Waals surface area contributed by atoms with Gasteiger partial charge in [0.2, 0.25) is 0 Å². The fraction of sp³-hybridized carbons (Fsp3) is 0.765. The van der Waals surface area contributed by atoms with E-state index in [1.165, 1.54) is 0 Å². The highest BCUT2D eigenvalue weighted by Crippen LogP contribution is 2.38. The molecule has 0 spiro atoms. The number of carbonyl (C=O) groups is 2. The monoisotopic (exact) mass is 325 g/mol. The summed E-state index contributed by atoms with van der Waals surface area (Å²) in [6.45, 7) is 7.04. The second-order valence-corrected chi connectivity index (χ2v) is 6.82. The Kier molecular flexibility index (Phi) is 5.47. The standard InChI is InChI=1S/C17H27NO5/c1-6-10(4)17(21)22-11-7-12-14(19)15(13(8-11)18(12)5)23-16(20)9(2)3/h6,9,11-15,19H,7-8H2,1-5H3/b10-6+. The van der Waals surface area contributed by atoms with E-state index in [0.717, 1.165) is 0 Å². The SMILES string of the molecule is C/C=C(\C)C(=O)OC1CC2C(O)C(OC(=O)C(C)C)C(C1)N2C. The minimum atomic E-state index is -0.751. The van der Waals surface area contributed by atoms with Crippen molar-refractivity contribution < 1.29 is 24.2 Å². The molecule has 0 radical (unpaired) electrons. The van der Waals surface area contributed by atoms with Gasteiger partial charge in [0.05, 0.1) is 12.0 Å². The van der Waals surface area contributed by atoms with Gasteiger partial charge in [-0.2, -0.15) is 0 Å². The van der Waals surface area contributed by atoms with Crippen molar-refractivity contribution in [2.24, 2.45) is 5.92 Å². The van der Waals surface area contributed by atoms with Crippen molar-refractivity contribution in [2.75, 3.05) is 7.05 Å². The van der Waals surface area contributed by atoms with Gasteiger partial charge >= 0.3 is 11.9 Å². The summed E-state index contributed by atoms with van der Waals surface area (Å²) in [4.78, 5) is 25.9. The van der Waals surface area contributed by atoms with Crippen molar-refractivity contribution in [3.05, 3.63) is 11.6 Å². The third-order valence-electron chi connectivity index (χ3n) is 4.92. The summed E-state index contributed by atoms with van der Waals surface area (Å²) in [5.74, 6) is -0.876. The van der Waals surface area contributed by atoms with Gasteiger partial charge in [-0.1, -0.05) is 19.9 Å². The van der Waals surface area contributed by atoms with E-state index in [2.05, 4.69) is 0 Å². The van der Waals surface area contributed by atoms with Crippen LogP contribution in [-0.2, 0) is 19.1 Å². The molecule has 2 fully saturated rings. The molecule has 0 aromatic rings. The van der Waals surface area contributed by atoms with Crippen LogP contribution in [0.2, 0.25) is 0 Å². The van der Waals surface area contributed by atoms with Gasteiger partial charge in [-0.05, 0) is 20.9 Å². The van der Waals surface area contributed by atoms with Gasteiger partial charge in [0.25, 0.3) is 0 Å². The quantitative estimate of drug-likeness (QED) is 0.620. The van der Waals surface area contributed by atoms with Crippen LogP contribution in [0.5, 0.6) is 0 Å². The van der Waals surface area contributed by atoms with Crippen molar-refractivity contribution in [3.8, 4) is 0 Å². The molecule has 2 aliphatic heterocycles. The van der Waals surface area contributed by atoms with E-state index in [4.69, 9.17) is 9.47 Å². The van der Waals surface area contributed by atoms with E-state index >= 15 is 0 Å². The molecule has 5 atom stereocenters. The summed E-state index contributed by atoms with van der Waals surface area (Å²) in [5.41, 5.74) is 0.569. The van der Waals surface area contributed by atoms with E-state index in [1.54, 1.807) is 33.8 Å². The maximum absolute atomic E-state index is 11.9. The molecule has 2 aliphatic rings. The van der Waals surface area contributed by atoms with E-state index in [9.17, 15) is 14.7 Å². The molecule has 6 nitrogen and oxygen atoms in total. The molecule has 2 saturated heterocycles. The van der Waals surface area contributed by atoms with E-state index in [-0.39, 0.29) is 36.0 Å². The van der Waals surface area contributed by atoms with E-state index in [1.807, 2.05) is 11.9 Å². The zero-order chi connectivity index (χ0) is 17.3. The number of allylic oxidation sites excluding steroid dienone is 1. The number of nitrogens with zero attached hydrogens (tertiary/aromatic N) is 1. The lowest BCUT2D eigenvalue weighted by molar-refractivity contribution is -0.159. The Morgan fingerprint density at radius 1 is 1.22 bits per heavy atom. The van der Waals surface area contributed by atoms with Crippen LogP contribution in [0.3, 0.4) is 0 Å². The predicted octanol–water partition coefficient (Wildman–Crippen LogP) is 1.27. The Morgan fingerprint density at radius 3 is 2.39 bits per heavy atom. The van der Waals surface area contributed by atoms with Crippen molar-refractivity contribution in [2.45, 2.75) is 70.9 Å². The average Bonchev–Trinajstić information content (AvgIpc) is 2.64. The van der Waals surface area contributed by atoms with E-state index in [0.29, 0.717) is 18.4 Å². The Balaban J connectivity index is 2.07. The Morgan fingerprint density at radius 2 is 1.83 bits per heavy atom. The highest BCUT2D eigenvalue weighted by Gasteiger charge is 2.53. The first kappa shape index (κ1) is 17.9. The topological polar surface area (TPSA) is 76.1 Å². The minimum Gasteiger partial charge on any atom is -0.459 e. The summed E-state index contributed by atoms with van der Waals surface area (Å²) in [5, 5.41) is 10.5. The second kappa shape index (κ2) is 7.01. The Hall–Kier alpha value is -1.40. The molecule has 2 heterocycles. The van der Waals surface area contributed by atoms with Crippen LogP contribution >= 0.6 is 0 Å². The van der Waals surface area contributed by atoms with Gasteiger partial charge in [0.1, 0.15) is 18.3 Å². The van der Waals surface area contributed by atoms with Gasteiger partial charge in [-0.15, -0.1) is 0 Å². The van der Waals surface area contributed by atoms with Gasteiger partial charge < -0.3 is 14.6 Å². The average molecular weight is 325 g/mol. The first-order valence-electron chi connectivity index (χ1n) is 8.20. The van der Waals surface area contributed by atoms with Gasteiger partial charge in [0, 0.05) is 24.5 Å². The molecular formula is C17H27NO5. The van der Waals surface area contributed by atoms with Crippen LogP contribution in [0.4, 0.5) is 0 Å². The van der Waals surface area contributed by atoms with Crippen LogP contribution in [-0.4, -0.2) is 59.4 Å². The number of carbonyl (C=O) groups excluding carboxylic acids is 2.